The summed E-state index contributed by atoms with van der Waals surface area (Å²) in [5.41, 5.74) is 2.81. The summed E-state index contributed by atoms with van der Waals surface area (Å²) >= 11 is 1.63. The van der Waals surface area contributed by atoms with E-state index in [4.69, 9.17) is 5.11 Å². The number of aromatic nitrogens is 1. The molecule has 0 unspecified atom stereocenters. The summed E-state index contributed by atoms with van der Waals surface area (Å²) in [5, 5.41) is 12.3. The van der Waals surface area contributed by atoms with Crippen LogP contribution in [0, 0.1) is 30.1 Å². The number of nitrogens with one attached hydrogen (secondary N) is 1. The Balaban J connectivity index is 1.28. The van der Waals surface area contributed by atoms with Gasteiger partial charge in [-0.25, -0.2) is 0 Å². The van der Waals surface area contributed by atoms with E-state index in [2.05, 4.69) is 21.7 Å². The minimum Gasteiger partial charge on any atom is -0.481 e. The van der Waals surface area contributed by atoms with Crippen molar-refractivity contribution in [3.05, 3.63) is 58.6 Å². The van der Waals surface area contributed by atoms with E-state index in [-0.39, 0.29) is 23.3 Å². The third-order valence-electron chi connectivity index (χ3n) is 6.66. The fourth-order valence-corrected chi connectivity index (χ4v) is 6.24. The molecular formula is C25H24N2O3S. The van der Waals surface area contributed by atoms with Crippen molar-refractivity contribution in [2.75, 3.05) is 0 Å². The number of fused-ring (bicyclic) bond motifs is 1. The highest BCUT2D eigenvalue weighted by Crippen LogP contribution is 2.58. The number of amides is 1. The number of aryl methyl sites for hydroxylation is 1. The molecule has 0 saturated heterocycles. The SMILES string of the molecule is Cc1sc2ccn(CC#Cc3ccccc3)c2c1C(=O)NC1CC2(C1)CC(C(=O)O)C2. The summed E-state index contributed by atoms with van der Waals surface area (Å²) in [6.45, 7) is 2.52. The molecule has 3 aromatic rings. The Morgan fingerprint density at radius 1 is 1.19 bits per heavy atom. The first-order chi connectivity index (χ1) is 14.9. The topological polar surface area (TPSA) is 71.3 Å². The highest BCUT2D eigenvalue weighted by molar-refractivity contribution is 7.19. The monoisotopic (exact) mass is 432 g/mol. The number of rotatable bonds is 4. The molecule has 0 atom stereocenters. The predicted octanol–water partition coefficient (Wildman–Crippen LogP) is 4.44. The van der Waals surface area contributed by atoms with Gasteiger partial charge in [0, 0.05) is 22.7 Å². The molecule has 2 N–H and O–H groups in total. The van der Waals surface area contributed by atoms with Gasteiger partial charge >= 0.3 is 5.97 Å². The summed E-state index contributed by atoms with van der Waals surface area (Å²) in [7, 11) is 0. The van der Waals surface area contributed by atoms with E-state index in [1.165, 1.54) is 0 Å². The van der Waals surface area contributed by atoms with Crippen molar-refractivity contribution in [2.45, 2.75) is 45.2 Å². The van der Waals surface area contributed by atoms with Crippen LogP contribution in [0.2, 0.25) is 0 Å². The molecule has 2 heterocycles. The van der Waals surface area contributed by atoms with Crippen LogP contribution in [-0.2, 0) is 11.3 Å². The van der Waals surface area contributed by atoms with Crippen molar-refractivity contribution in [3.8, 4) is 11.8 Å². The van der Waals surface area contributed by atoms with E-state index in [1.54, 1.807) is 11.3 Å². The van der Waals surface area contributed by atoms with Crippen LogP contribution in [0.3, 0.4) is 0 Å². The number of carbonyl (C=O) groups excluding carboxylic acids is 1. The maximum absolute atomic E-state index is 13.1. The number of hydrogen-bond donors (Lipinski definition) is 2. The van der Waals surface area contributed by atoms with Crippen molar-refractivity contribution in [1.82, 2.24) is 9.88 Å². The van der Waals surface area contributed by atoms with Gasteiger partial charge in [-0.05, 0) is 56.2 Å². The maximum Gasteiger partial charge on any atom is 0.306 e. The Hall–Kier alpha value is -3.04. The van der Waals surface area contributed by atoms with Crippen LogP contribution in [0.25, 0.3) is 10.2 Å². The molecule has 6 heteroatoms. The van der Waals surface area contributed by atoms with Crippen LogP contribution in [-0.4, -0.2) is 27.6 Å². The molecule has 2 aliphatic rings. The molecule has 2 aromatic heterocycles. The molecule has 2 aliphatic carbocycles. The average Bonchev–Trinajstić information content (AvgIpc) is 3.21. The van der Waals surface area contributed by atoms with Gasteiger partial charge in [0.25, 0.3) is 5.91 Å². The van der Waals surface area contributed by atoms with Gasteiger partial charge in [-0.15, -0.1) is 11.3 Å². The first-order valence-electron chi connectivity index (χ1n) is 10.6. The lowest BCUT2D eigenvalue weighted by molar-refractivity contribution is -0.155. The molecule has 5 rings (SSSR count). The van der Waals surface area contributed by atoms with Gasteiger partial charge in [-0.2, -0.15) is 0 Å². The molecule has 31 heavy (non-hydrogen) atoms. The molecule has 2 fully saturated rings. The smallest absolute Gasteiger partial charge is 0.306 e. The van der Waals surface area contributed by atoms with Crippen LogP contribution in [0.1, 0.15) is 46.5 Å². The number of carboxylic acids is 1. The Bertz CT molecular complexity index is 1210. The Morgan fingerprint density at radius 2 is 1.94 bits per heavy atom. The minimum atomic E-state index is -0.689. The van der Waals surface area contributed by atoms with Crippen LogP contribution in [0.15, 0.2) is 42.6 Å². The van der Waals surface area contributed by atoms with Gasteiger partial charge in [0.05, 0.1) is 28.2 Å². The van der Waals surface area contributed by atoms with Crippen molar-refractivity contribution >= 4 is 33.4 Å². The van der Waals surface area contributed by atoms with Crippen molar-refractivity contribution in [1.29, 1.82) is 0 Å². The molecule has 2 saturated carbocycles. The lowest BCUT2D eigenvalue weighted by Crippen LogP contribution is -2.57. The van der Waals surface area contributed by atoms with Gasteiger partial charge in [0.1, 0.15) is 0 Å². The standard InChI is InChI=1S/C25H24N2O3S/c1-16-21(23(28)26-19-14-25(15-19)12-18(13-25)24(29)30)22-20(31-16)9-11-27(22)10-5-8-17-6-3-2-4-7-17/h2-4,6-7,9,11,18-19H,10,12-15H2,1H3,(H,26,28)(H,29,30). The molecule has 1 amide bonds. The molecule has 1 aromatic carbocycles. The molecule has 0 aliphatic heterocycles. The molecule has 0 radical (unpaired) electrons. The number of nitrogens with zero attached hydrogens (tertiary/aromatic N) is 1. The van der Waals surface area contributed by atoms with Gasteiger partial charge in [-0.3, -0.25) is 9.59 Å². The summed E-state index contributed by atoms with van der Waals surface area (Å²) in [6, 6.07) is 12.1. The molecule has 0 bridgehead atoms. The summed E-state index contributed by atoms with van der Waals surface area (Å²) in [4.78, 5) is 25.2. The van der Waals surface area contributed by atoms with Crippen molar-refractivity contribution < 1.29 is 14.7 Å². The van der Waals surface area contributed by atoms with Crippen molar-refractivity contribution in [2.24, 2.45) is 11.3 Å². The number of carbonyl (C=O) groups is 2. The van der Waals surface area contributed by atoms with Crippen LogP contribution in [0.4, 0.5) is 0 Å². The van der Waals surface area contributed by atoms with E-state index in [1.807, 2.05) is 49.5 Å². The maximum atomic E-state index is 13.1. The Labute approximate surface area is 185 Å². The first-order valence-corrected chi connectivity index (χ1v) is 11.4. The second-order valence-corrected chi connectivity index (χ2v) is 10.1. The highest BCUT2D eigenvalue weighted by Gasteiger charge is 2.55. The third-order valence-corrected chi connectivity index (χ3v) is 7.72. The fourth-order valence-electron chi connectivity index (χ4n) is 5.17. The largest absolute Gasteiger partial charge is 0.481 e. The zero-order valence-corrected chi connectivity index (χ0v) is 18.2. The number of hydrogen-bond acceptors (Lipinski definition) is 3. The average molecular weight is 433 g/mol. The fraction of sp³-hybridized carbons (Fsp3) is 0.360. The Morgan fingerprint density at radius 3 is 2.65 bits per heavy atom. The van der Waals surface area contributed by atoms with Gasteiger partial charge in [-0.1, -0.05) is 30.0 Å². The highest BCUT2D eigenvalue weighted by atomic mass is 32.1. The van der Waals surface area contributed by atoms with E-state index < -0.39 is 5.97 Å². The molecule has 158 valence electrons. The Kier molecular flexibility index (Phi) is 4.86. The van der Waals surface area contributed by atoms with Gasteiger partial charge in [0.15, 0.2) is 0 Å². The zero-order valence-electron chi connectivity index (χ0n) is 17.4. The number of thiophene rings is 1. The minimum absolute atomic E-state index is 0.0336. The normalized spacial score (nSPS) is 24.2. The quantitative estimate of drug-likeness (QED) is 0.599. The van der Waals surface area contributed by atoms with Crippen LogP contribution < -0.4 is 5.32 Å². The van der Waals surface area contributed by atoms with Crippen LogP contribution in [0.5, 0.6) is 0 Å². The zero-order chi connectivity index (χ0) is 21.6. The lowest BCUT2D eigenvalue weighted by atomic mass is 9.50. The summed E-state index contributed by atoms with van der Waals surface area (Å²) in [5.74, 6) is 5.47. The number of benzene rings is 1. The molecule has 5 nitrogen and oxygen atoms in total. The van der Waals surface area contributed by atoms with E-state index in [0.29, 0.717) is 6.54 Å². The molecule has 1 spiro atoms. The van der Waals surface area contributed by atoms with Gasteiger partial charge < -0.3 is 15.0 Å². The third kappa shape index (κ3) is 3.64. The van der Waals surface area contributed by atoms with Crippen LogP contribution >= 0.6 is 11.3 Å². The van der Waals surface area contributed by atoms with Crippen molar-refractivity contribution in [3.63, 3.8) is 0 Å². The number of carboxylic acid groups (broad SMARTS) is 1. The lowest BCUT2D eigenvalue weighted by Gasteiger charge is -2.56. The van der Waals surface area contributed by atoms with E-state index in [9.17, 15) is 9.59 Å². The first kappa shape index (κ1) is 19.9. The second kappa shape index (κ2) is 7.58. The summed E-state index contributed by atoms with van der Waals surface area (Å²) < 4.78 is 3.15. The summed E-state index contributed by atoms with van der Waals surface area (Å²) in [6.07, 6.45) is 5.27. The molecular weight excluding hydrogens is 408 g/mol. The number of aliphatic carboxylic acids is 1. The predicted molar refractivity (Wildman–Crippen MR) is 121 cm³/mol. The van der Waals surface area contributed by atoms with E-state index in [0.717, 1.165) is 51.9 Å². The van der Waals surface area contributed by atoms with Gasteiger partial charge in [0.2, 0.25) is 0 Å². The van der Waals surface area contributed by atoms with E-state index >= 15 is 0 Å². The second-order valence-electron chi connectivity index (χ2n) is 8.88.